The second-order valence-corrected chi connectivity index (χ2v) is 8.50. The highest BCUT2D eigenvalue weighted by molar-refractivity contribution is 8.00. The second-order valence-electron chi connectivity index (χ2n) is 7.40. The van der Waals surface area contributed by atoms with Gasteiger partial charge >= 0.3 is 0 Å². The first kappa shape index (κ1) is 21.0. The van der Waals surface area contributed by atoms with Crippen LogP contribution in [-0.4, -0.2) is 33.1 Å². The molecule has 2 heterocycles. The van der Waals surface area contributed by atoms with Gasteiger partial charge in [0.15, 0.2) is 5.82 Å². The van der Waals surface area contributed by atoms with Crippen LogP contribution < -0.4 is 15.5 Å². The number of nitrogens with zero attached hydrogens (tertiary/aromatic N) is 3. The number of thioether (sulfide) groups is 1. The third-order valence-electron chi connectivity index (χ3n) is 5.33. The number of rotatable bonds is 5. The minimum absolute atomic E-state index is 0.133. The number of carbonyl (C=O) groups excluding carboxylic acids is 1. The average molecular weight is 462 g/mol. The Morgan fingerprint density at radius 3 is 2.48 bits per heavy atom. The van der Waals surface area contributed by atoms with Gasteiger partial charge in [0, 0.05) is 5.56 Å². The molecule has 9 heteroatoms. The smallest absolute Gasteiger partial charge is 0.240 e. The Morgan fingerprint density at radius 1 is 1.03 bits per heavy atom. The first-order chi connectivity index (χ1) is 16.1. The van der Waals surface area contributed by atoms with Gasteiger partial charge in [0.25, 0.3) is 0 Å². The Morgan fingerprint density at radius 2 is 1.76 bits per heavy atom. The number of carbonyl (C=O) groups is 1. The summed E-state index contributed by atoms with van der Waals surface area (Å²) in [4.78, 5) is 13.3. The molecule has 0 saturated carbocycles. The molecule has 7 nitrogen and oxygen atoms in total. The van der Waals surface area contributed by atoms with Crippen molar-refractivity contribution >= 4 is 23.4 Å². The van der Waals surface area contributed by atoms with Gasteiger partial charge in [-0.2, -0.15) is 0 Å². The van der Waals surface area contributed by atoms with Gasteiger partial charge in [0.05, 0.1) is 18.8 Å². The molecule has 5 rings (SSSR count). The van der Waals surface area contributed by atoms with Crippen LogP contribution >= 0.6 is 11.8 Å². The summed E-state index contributed by atoms with van der Waals surface area (Å²) in [5.41, 5.74) is 5.30. The van der Waals surface area contributed by atoms with Gasteiger partial charge in [0.2, 0.25) is 11.1 Å². The lowest BCUT2D eigenvalue weighted by Crippen LogP contribution is -2.41. The van der Waals surface area contributed by atoms with Gasteiger partial charge in [-0.25, -0.2) is 9.07 Å². The molecule has 0 spiro atoms. The van der Waals surface area contributed by atoms with Crippen LogP contribution in [0.4, 0.5) is 10.1 Å². The zero-order valence-corrected chi connectivity index (χ0v) is 18.4. The summed E-state index contributed by atoms with van der Waals surface area (Å²) in [7, 11) is 1.60. The van der Waals surface area contributed by atoms with Crippen LogP contribution in [0.2, 0.25) is 0 Å². The SMILES string of the molecule is COc1ccc([C@@H]2Nn3c(nnc3-c3ccccc3)S[C@@H]2C(=O)Nc2ccccc2F)cc1. The number of methoxy groups -OCH3 is 1. The Bertz CT molecular complexity index is 1280. The van der Waals surface area contributed by atoms with Crippen molar-refractivity contribution in [1.29, 1.82) is 0 Å². The Balaban J connectivity index is 1.52. The molecule has 0 fully saturated rings. The molecule has 0 unspecified atom stereocenters. The van der Waals surface area contributed by atoms with E-state index in [4.69, 9.17) is 4.74 Å². The van der Waals surface area contributed by atoms with Gasteiger partial charge in [0.1, 0.15) is 16.8 Å². The molecule has 2 N–H and O–H groups in total. The second kappa shape index (κ2) is 8.95. The third-order valence-corrected chi connectivity index (χ3v) is 6.55. The molecule has 2 atom stereocenters. The minimum Gasteiger partial charge on any atom is -0.497 e. The van der Waals surface area contributed by atoms with Crippen molar-refractivity contribution in [3.63, 3.8) is 0 Å². The first-order valence-corrected chi connectivity index (χ1v) is 11.2. The van der Waals surface area contributed by atoms with Crippen LogP contribution in [0.5, 0.6) is 5.75 Å². The number of fused-ring (bicyclic) bond motifs is 1. The first-order valence-electron chi connectivity index (χ1n) is 10.3. The van der Waals surface area contributed by atoms with Crippen molar-refractivity contribution in [2.75, 3.05) is 17.9 Å². The van der Waals surface area contributed by atoms with Crippen LogP contribution in [0, 0.1) is 5.82 Å². The van der Waals surface area contributed by atoms with Gasteiger partial charge in [-0.3, -0.25) is 4.79 Å². The predicted molar refractivity (Wildman–Crippen MR) is 125 cm³/mol. The summed E-state index contributed by atoms with van der Waals surface area (Å²) >= 11 is 1.28. The van der Waals surface area contributed by atoms with Crippen molar-refractivity contribution in [2.45, 2.75) is 16.4 Å². The molecule has 1 amide bonds. The summed E-state index contributed by atoms with van der Waals surface area (Å²) < 4.78 is 21.2. The Kier molecular flexibility index (Phi) is 5.70. The highest BCUT2D eigenvalue weighted by atomic mass is 32.2. The molecule has 1 aromatic heterocycles. The van der Waals surface area contributed by atoms with Crippen LogP contribution in [0.1, 0.15) is 11.6 Å². The number of nitrogens with one attached hydrogen (secondary N) is 2. The number of hydrogen-bond acceptors (Lipinski definition) is 6. The molecule has 1 aliphatic rings. The van der Waals surface area contributed by atoms with Crippen molar-refractivity contribution in [2.24, 2.45) is 0 Å². The van der Waals surface area contributed by atoms with E-state index in [2.05, 4.69) is 20.9 Å². The van der Waals surface area contributed by atoms with Crippen LogP contribution in [0.15, 0.2) is 84.0 Å². The molecular weight excluding hydrogens is 441 g/mol. The molecular formula is C24H20FN5O2S. The Labute approximate surface area is 194 Å². The summed E-state index contributed by atoms with van der Waals surface area (Å²) in [5, 5.41) is 11.3. The fourth-order valence-corrected chi connectivity index (χ4v) is 4.74. The zero-order valence-electron chi connectivity index (χ0n) is 17.6. The molecule has 0 radical (unpaired) electrons. The van der Waals surface area contributed by atoms with E-state index in [0.717, 1.165) is 11.1 Å². The molecule has 0 saturated heterocycles. The number of aromatic nitrogens is 3. The fraction of sp³-hybridized carbons (Fsp3) is 0.125. The number of hydrogen-bond donors (Lipinski definition) is 2. The topological polar surface area (TPSA) is 81.1 Å². The standard InChI is InChI=1S/C24H20FN5O2S/c1-32-17-13-11-15(12-14-17)20-21(23(31)26-19-10-6-5-9-18(19)25)33-24-28-27-22(30(24)29-20)16-7-3-2-4-8-16/h2-14,20-21,29H,1H3,(H,26,31)/t20-,21-/m0/s1. The largest absolute Gasteiger partial charge is 0.497 e. The van der Waals surface area contributed by atoms with E-state index in [1.54, 1.807) is 23.9 Å². The van der Waals surface area contributed by atoms with E-state index < -0.39 is 17.1 Å². The number of para-hydroxylation sites is 1. The summed E-state index contributed by atoms with van der Waals surface area (Å²) in [6, 6.07) is 22.8. The van der Waals surface area contributed by atoms with Crippen LogP contribution in [-0.2, 0) is 4.79 Å². The van der Waals surface area contributed by atoms with E-state index in [0.29, 0.717) is 16.7 Å². The molecule has 0 bridgehead atoms. The summed E-state index contributed by atoms with van der Waals surface area (Å²) in [6.07, 6.45) is 0. The van der Waals surface area contributed by atoms with Gasteiger partial charge in [-0.15, -0.1) is 10.2 Å². The van der Waals surface area contributed by atoms with E-state index >= 15 is 0 Å². The zero-order chi connectivity index (χ0) is 22.8. The maximum absolute atomic E-state index is 14.2. The number of anilines is 1. The van der Waals surface area contributed by atoms with Gasteiger partial charge in [-0.05, 0) is 29.8 Å². The van der Waals surface area contributed by atoms with Crippen molar-refractivity contribution in [3.8, 4) is 17.1 Å². The lowest BCUT2D eigenvalue weighted by molar-refractivity contribution is -0.116. The molecule has 0 aliphatic carbocycles. The quantitative estimate of drug-likeness (QED) is 0.456. The van der Waals surface area contributed by atoms with Gasteiger partial charge in [-0.1, -0.05) is 66.4 Å². The van der Waals surface area contributed by atoms with Crippen molar-refractivity contribution < 1.29 is 13.9 Å². The fourth-order valence-electron chi connectivity index (χ4n) is 3.66. The van der Waals surface area contributed by atoms with E-state index in [9.17, 15) is 9.18 Å². The number of halogens is 1. The molecule has 166 valence electrons. The maximum atomic E-state index is 14.2. The predicted octanol–water partition coefficient (Wildman–Crippen LogP) is 4.49. The Hall–Kier alpha value is -3.85. The van der Waals surface area contributed by atoms with Crippen LogP contribution in [0.25, 0.3) is 11.4 Å². The van der Waals surface area contributed by atoms with Crippen LogP contribution in [0.3, 0.4) is 0 Å². The number of ether oxygens (including phenoxy) is 1. The summed E-state index contributed by atoms with van der Waals surface area (Å²) in [6.45, 7) is 0. The lowest BCUT2D eigenvalue weighted by Gasteiger charge is -2.33. The number of benzene rings is 3. The monoisotopic (exact) mass is 461 g/mol. The minimum atomic E-state index is -0.627. The van der Waals surface area contributed by atoms with E-state index in [-0.39, 0.29) is 11.6 Å². The van der Waals surface area contributed by atoms with Crippen molar-refractivity contribution in [1.82, 2.24) is 14.9 Å². The molecule has 4 aromatic rings. The highest BCUT2D eigenvalue weighted by Gasteiger charge is 2.38. The lowest BCUT2D eigenvalue weighted by atomic mass is 10.0. The summed E-state index contributed by atoms with van der Waals surface area (Å²) in [5.74, 6) is 0.526. The third kappa shape index (κ3) is 4.14. The van der Waals surface area contributed by atoms with Crippen molar-refractivity contribution in [3.05, 3.63) is 90.2 Å². The maximum Gasteiger partial charge on any atom is 0.240 e. The molecule has 3 aromatic carbocycles. The average Bonchev–Trinajstić information content (AvgIpc) is 3.28. The van der Waals surface area contributed by atoms with E-state index in [1.165, 1.54) is 23.9 Å². The molecule has 1 aliphatic heterocycles. The van der Waals surface area contributed by atoms with E-state index in [1.807, 2.05) is 54.6 Å². The normalized spacial score (nSPS) is 17.0. The number of amides is 1. The highest BCUT2D eigenvalue weighted by Crippen LogP contribution is 2.39. The van der Waals surface area contributed by atoms with Gasteiger partial charge < -0.3 is 15.5 Å². The molecule has 33 heavy (non-hydrogen) atoms.